The highest BCUT2D eigenvalue weighted by Gasteiger charge is 2.67. The molecule has 160 valence electrons. The van der Waals surface area contributed by atoms with Crippen LogP contribution >= 0.6 is 0 Å². The average molecular weight is 438 g/mol. The van der Waals surface area contributed by atoms with Crippen LogP contribution in [-0.2, 0) is 17.2 Å². The largest absolute Gasteiger partial charge is 0.342 e. The first-order valence-electron chi connectivity index (χ1n) is 11.1. The summed E-state index contributed by atoms with van der Waals surface area (Å²) in [6.07, 6.45) is 1.69. The normalized spacial score (nSPS) is 20.7. The standard InChI is InChI=1S/C29H27NOS/c1-23-17-19-27(20-18-23)32(31)29(22-21-24-11-5-2-6-12-24)28(25-13-7-3-8-14-25)30(29)26-15-9-4-10-16-26/h2-20,28H,21-22H2,1H3/t28-,29-,30?,32?/m1/s1. The highest BCUT2D eigenvalue weighted by Crippen LogP contribution is 2.61. The van der Waals surface area contributed by atoms with E-state index < -0.39 is 15.7 Å². The van der Waals surface area contributed by atoms with E-state index in [0.29, 0.717) is 0 Å². The summed E-state index contributed by atoms with van der Waals surface area (Å²) in [5.41, 5.74) is 4.79. The lowest BCUT2D eigenvalue weighted by atomic mass is 10.0. The van der Waals surface area contributed by atoms with Gasteiger partial charge in [-0.25, -0.2) is 0 Å². The fraction of sp³-hybridized carbons (Fsp3) is 0.172. The first-order chi connectivity index (χ1) is 15.7. The molecule has 0 aliphatic carbocycles. The molecule has 0 N–H and O–H groups in total. The molecule has 0 amide bonds. The van der Waals surface area contributed by atoms with Crippen LogP contribution < -0.4 is 4.90 Å². The first-order valence-corrected chi connectivity index (χ1v) is 12.3. The van der Waals surface area contributed by atoms with Gasteiger partial charge in [-0.05, 0) is 55.2 Å². The Balaban J connectivity index is 1.61. The predicted octanol–water partition coefficient (Wildman–Crippen LogP) is 6.69. The molecule has 1 fully saturated rings. The van der Waals surface area contributed by atoms with Gasteiger partial charge in [0.15, 0.2) is 0 Å². The quantitative estimate of drug-likeness (QED) is 0.300. The van der Waals surface area contributed by atoms with Crippen LogP contribution in [0.1, 0.15) is 29.2 Å². The topological polar surface area (TPSA) is 20.1 Å². The predicted molar refractivity (Wildman–Crippen MR) is 133 cm³/mol. The summed E-state index contributed by atoms with van der Waals surface area (Å²) >= 11 is 0. The molecule has 3 atom stereocenters. The second-order valence-corrected chi connectivity index (χ2v) is 10.1. The Labute approximate surface area is 193 Å². The molecule has 1 aliphatic rings. The molecular weight excluding hydrogens is 410 g/mol. The summed E-state index contributed by atoms with van der Waals surface area (Å²) < 4.78 is 14.3. The maximum absolute atomic E-state index is 14.3. The van der Waals surface area contributed by atoms with Crippen LogP contribution in [0.5, 0.6) is 0 Å². The van der Waals surface area contributed by atoms with Crippen molar-refractivity contribution in [3.8, 4) is 0 Å². The van der Waals surface area contributed by atoms with Crippen molar-refractivity contribution in [1.29, 1.82) is 0 Å². The van der Waals surface area contributed by atoms with Crippen molar-refractivity contribution in [1.82, 2.24) is 0 Å². The number of nitrogens with zero attached hydrogens (tertiary/aromatic N) is 1. The van der Waals surface area contributed by atoms with Gasteiger partial charge in [0.05, 0.1) is 16.8 Å². The molecule has 0 spiro atoms. The van der Waals surface area contributed by atoms with Crippen LogP contribution in [0.15, 0.2) is 120 Å². The fourth-order valence-electron chi connectivity index (χ4n) is 4.69. The Hall–Kier alpha value is -3.17. The zero-order valence-electron chi connectivity index (χ0n) is 18.2. The number of hydrogen-bond donors (Lipinski definition) is 0. The molecule has 32 heavy (non-hydrogen) atoms. The number of hydrogen-bond acceptors (Lipinski definition) is 2. The lowest BCUT2D eigenvalue weighted by Gasteiger charge is -2.19. The molecule has 5 rings (SSSR count). The summed E-state index contributed by atoms with van der Waals surface area (Å²) in [4.78, 5) is 2.78. The summed E-state index contributed by atoms with van der Waals surface area (Å²) in [6, 6.07) is 39.7. The highest BCUT2D eigenvalue weighted by molar-refractivity contribution is 7.87. The van der Waals surface area contributed by atoms with Crippen molar-refractivity contribution < 1.29 is 4.21 Å². The van der Waals surface area contributed by atoms with Gasteiger partial charge in [0.1, 0.15) is 4.87 Å². The highest BCUT2D eigenvalue weighted by atomic mass is 32.2. The summed E-state index contributed by atoms with van der Waals surface area (Å²) in [5, 5.41) is 0. The zero-order valence-corrected chi connectivity index (χ0v) is 19.0. The number of aryl methyl sites for hydroxylation is 2. The van der Waals surface area contributed by atoms with Crippen LogP contribution in [-0.4, -0.2) is 9.08 Å². The van der Waals surface area contributed by atoms with Crippen LogP contribution in [0, 0.1) is 6.92 Å². The molecule has 4 aromatic carbocycles. The van der Waals surface area contributed by atoms with Gasteiger partial charge in [-0.1, -0.05) is 96.6 Å². The van der Waals surface area contributed by atoms with E-state index in [9.17, 15) is 4.21 Å². The number of anilines is 1. The van der Waals surface area contributed by atoms with Gasteiger partial charge in [-0.15, -0.1) is 0 Å². The fourth-order valence-corrected chi connectivity index (χ4v) is 6.55. The molecule has 1 heterocycles. The van der Waals surface area contributed by atoms with Crippen molar-refractivity contribution in [3.63, 3.8) is 0 Å². The average Bonchev–Trinajstić information content (AvgIpc) is 3.54. The number of para-hydroxylation sites is 1. The molecule has 0 radical (unpaired) electrons. The van der Waals surface area contributed by atoms with E-state index in [1.165, 1.54) is 16.7 Å². The third-order valence-electron chi connectivity index (χ3n) is 6.35. The third-order valence-corrected chi connectivity index (χ3v) is 8.31. The maximum atomic E-state index is 14.3. The lowest BCUT2D eigenvalue weighted by molar-refractivity contribution is 0.647. The molecule has 2 nitrogen and oxygen atoms in total. The van der Waals surface area contributed by atoms with E-state index in [-0.39, 0.29) is 6.04 Å². The minimum absolute atomic E-state index is 0.0666. The lowest BCUT2D eigenvalue weighted by Crippen LogP contribution is -2.26. The van der Waals surface area contributed by atoms with Crippen molar-refractivity contribution in [3.05, 3.63) is 132 Å². The van der Waals surface area contributed by atoms with Gasteiger partial charge in [0.25, 0.3) is 0 Å². The Morgan fingerprint density at radius 3 is 1.94 bits per heavy atom. The van der Waals surface area contributed by atoms with Crippen molar-refractivity contribution in [2.75, 3.05) is 4.90 Å². The molecule has 1 unspecified atom stereocenters. The molecule has 4 aromatic rings. The van der Waals surface area contributed by atoms with E-state index in [4.69, 9.17) is 0 Å². The monoisotopic (exact) mass is 437 g/mol. The van der Waals surface area contributed by atoms with E-state index in [1.54, 1.807) is 0 Å². The maximum Gasteiger partial charge on any atom is 0.146 e. The molecule has 0 bridgehead atoms. The molecule has 1 aliphatic heterocycles. The van der Waals surface area contributed by atoms with E-state index >= 15 is 0 Å². The zero-order chi connectivity index (χ0) is 22.0. The van der Waals surface area contributed by atoms with Crippen molar-refractivity contribution in [2.45, 2.75) is 35.6 Å². The van der Waals surface area contributed by atoms with E-state index in [0.717, 1.165) is 23.4 Å². The molecule has 0 aromatic heterocycles. The van der Waals surface area contributed by atoms with E-state index in [1.807, 2.05) is 30.3 Å². The Morgan fingerprint density at radius 1 is 0.750 bits per heavy atom. The van der Waals surface area contributed by atoms with Gasteiger partial charge in [0.2, 0.25) is 0 Å². The minimum atomic E-state index is -1.20. The summed E-state index contributed by atoms with van der Waals surface area (Å²) in [7, 11) is -1.20. The van der Waals surface area contributed by atoms with Gasteiger partial charge in [-0.2, -0.15) is 0 Å². The number of benzene rings is 4. The first kappa shape index (κ1) is 20.7. The van der Waals surface area contributed by atoms with Gasteiger partial charge in [0, 0.05) is 10.6 Å². The van der Waals surface area contributed by atoms with Gasteiger partial charge >= 0.3 is 0 Å². The van der Waals surface area contributed by atoms with Crippen molar-refractivity contribution in [2.24, 2.45) is 0 Å². The summed E-state index contributed by atoms with van der Waals surface area (Å²) in [6.45, 7) is 2.07. The Bertz CT molecular complexity index is 1140. The molecule has 1 saturated heterocycles. The second-order valence-electron chi connectivity index (χ2n) is 8.43. The second kappa shape index (κ2) is 8.76. The van der Waals surface area contributed by atoms with E-state index in [2.05, 4.69) is 96.8 Å². The van der Waals surface area contributed by atoms with Gasteiger partial charge in [-0.3, -0.25) is 4.21 Å². The minimum Gasteiger partial charge on any atom is -0.342 e. The summed E-state index contributed by atoms with van der Waals surface area (Å²) in [5.74, 6) is 0. The SMILES string of the molecule is Cc1ccc(S(=O)[C@]2(CCc3ccccc3)[C@@H](c3ccccc3)N2c2ccccc2)cc1. The van der Waals surface area contributed by atoms with Crippen LogP contribution in [0.25, 0.3) is 0 Å². The number of rotatable bonds is 7. The van der Waals surface area contributed by atoms with Crippen LogP contribution in [0.3, 0.4) is 0 Å². The van der Waals surface area contributed by atoms with Crippen LogP contribution in [0.4, 0.5) is 5.69 Å². The molecular formula is C29H27NOS. The molecule has 3 heteroatoms. The molecule has 0 saturated carbocycles. The van der Waals surface area contributed by atoms with Crippen LogP contribution in [0.2, 0.25) is 0 Å². The smallest absolute Gasteiger partial charge is 0.146 e. The van der Waals surface area contributed by atoms with Crippen molar-refractivity contribution >= 4 is 16.5 Å². The Kier molecular flexibility index (Phi) is 5.67. The van der Waals surface area contributed by atoms with Gasteiger partial charge < -0.3 is 4.90 Å². The third kappa shape index (κ3) is 3.78. The Morgan fingerprint density at radius 2 is 1.31 bits per heavy atom.